The van der Waals surface area contributed by atoms with E-state index in [1.54, 1.807) is 14.1 Å². The molecule has 6 heteroatoms. The molecule has 0 radical (unpaired) electrons. The third-order valence-electron chi connectivity index (χ3n) is 2.53. The molecule has 0 heterocycles. The van der Waals surface area contributed by atoms with Gasteiger partial charge in [0.25, 0.3) is 5.91 Å². The van der Waals surface area contributed by atoms with Crippen LogP contribution in [0.2, 0.25) is 0 Å². The lowest BCUT2D eigenvalue weighted by Gasteiger charge is -2.13. The second-order valence-electron chi connectivity index (χ2n) is 4.10. The molecule has 5 nitrogen and oxygen atoms in total. The molecule has 0 atom stereocenters. The summed E-state index contributed by atoms with van der Waals surface area (Å²) in [7, 11) is 6.25. The van der Waals surface area contributed by atoms with E-state index in [2.05, 4.69) is 22.6 Å². The lowest BCUT2D eigenvalue weighted by Crippen LogP contribution is -2.22. The largest absolute Gasteiger partial charge is 0.493 e. The topological polar surface area (TPSA) is 62.6 Å². The summed E-state index contributed by atoms with van der Waals surface area (Å²) in [5.41, 5.74) is 0.667. The third-order valence-corrected chi connectivity index (χ3v) is 3.15. The standard InChI is InChI=1S/C14H15IN2O3/c1-17(2)14(18)10(8-16)5-9-6-11(15)7-12(19-3)13(9)20-4/h5-7H,1-4H3/b10-5-. The van der Waals surface area contributed by atoms with E-state index in [-0.39, 0.29) is 11.5 Å². The van der Waals surface area contributed by atoms with Gasteiger partial charge in [0.2, 0.25) is 0 Å². The van der Waals surface area contributed by atoms with Crippen LogP contribution in [0.3, 0.4) is 0 Å². The van der Waals surface area contributed by atoms with E-state index in [1.165, 1.54) is 25.2 Å². The molecule has 0 aliphatic rings. The first-order valence-corrected chi connectivity index (χ1v) is 6.77. The predicted molar refractivity (Wildman–Crippen MR) is 84.5 cm³/mol. The molecular weight excluding hydrogens is 371 g/mol. The molecule has 1 rings (SSSR count). The Morgan fingerprint density at radius 2 is 2.00 bits per heavy atom. The van der Waals surface area contributed by atoms with Crippen LogP contribution in [0.25, 0.3) is 6.08 Å². The Hall–Kier alpha value is -1.75. The van der Waals surface area contributed by atoms with Gasteiger partial charge in [-0.3, -0.25) is 4.79 Å². The molecule has 1 amide bonds. The van der Waals surface area contributed by atoms with Gasteiger partial charge in [-0.1, -0.05) is 0 Å². The molecule has 0 spiro atoms. The van der Waals surface area contributed by atoms with Crippen LogP contribution in [-0.2, 0) is 4.79 Å². The van der Waals surface area contributed by atoms with Gasteiger partial charge >= 0.3 is 0 Å². The molecule has 1 aromatic rings. The van der Waals surface area contributed by atoms with Crippen LogP contribution in [0, 0.1) is 14.9 Å². The molecule has 0 aliphatic carbocycles. The smallest absolute Gasteiger partial charge is 0.264 e. The average Bonchev–Trinajstić information content (AvgIpc) is 2.42. The molecule has 20 heavy (non-hydrogen) atoms. The first kappa shape index (κ1) is 16.3. The first-order chi connectivity index (χ1) is 9.44. The molecule has 0 fully saturated rings. The summed E-state index contributed by atoms with van der Waals surface area (Å²) in [6.45, 7) is 0. The van der Waals surface area contributed by atoms with Crippen LogP contribution in [0.5, 0.6) is 11.5 Å². The Morgan fingerprint density at radius 3 is 2.45 bits per heavy atom. The van der Waals surface area contributed by atoms with Crippen molar-refractivity contribution in [3.05, 3.63) is 26.8 Å². The third kappa shape index (κ3) is 3.63. The number of nitriles is 1. The minimum atomic E-state index is -0.354. The molecule has 0 bridgehead atoms. The highest BCUT2D eigenvalue weighted by molar-refractivity contribution is 14.1. The molecule has 0 saturated carbocycles. The molecule has 0 saturated heterocycles. The van der Waals surface area contributed by atoms with E-state index >= 15 is 0 Å². The van der Waals surface area contributed by atoms with Crippen LogP contribution >= 0.6 is 22.6 Å². The Labute approximate surface area is 131 Å². The van der Waals surface area contributed by atoms with Crippen LogP contribution in [0.15, 0.2) is 17.7 Å². The van der Waals surface area contributed by atoms with Gasteiger partial charge in [0.05, 0.1) is 14.2 Å². The number of rotatable bonds is 4. The number of hydrogen-bond acceptors (Lipinski definition) is 4. The number of nitrogens with zero attached hydrogens (tertiary/aromatic N) is 2. The summed E-state index contributed by atoms with van der Waals surface area (Å²) < 4.78 is 11.5. The van der Waals surface area contributed by atoms with Gasteiger partial charge in [0, 0.05) is 23.2 Å². The zero-order chi connectivity index (χ0) is 15.3. The quantitative estimate of drug-likeness (QED) is 0.453. The van der Waals surface area contributed by atoms with Crippen LogP contribution in [-0.4, -0.2) is 39.1 Å². The molecule has 0 unspecified atom stereocenters. The van der Waals surface area contributed by atoms with E-state index in [0.29, 0.717) is 17.1 Å². The second-order valence-corrected chi connectivity index (χ2v) is 5.35. The Bertz CT molecular complexity index is 589. The number of amides is 1. The molecule has 0 aliphatic heterocycles. The number of carbonyl (C=O) groups excluding carboxylic acids is 1. The fraction of sp³-hybridized carbons (Fsp3) is 0.286. The fourth-order valence-electron chi connectivity index (χ4n) is 1.60. The van der Waals surface area contributed by atoms with Crippen LogP contribution < -0.4 is 9.47 Å². The van der Waals surface area contributed by atoms with Gasteiger partial charge in [-0.2, -0.15) is 5.26 Å². The highest BCUT2D eigenvalue weighted by Crippen LogP contribution is 2.34. The molecule has 0 N–H and O–H groups in total. The minimum Gasteiger partial charge on any atom is -0.493 e. The van der Waals surface area contributed by atoms with E-state index in [1.807, 2.05) is 18.2 Å². The predicted octanol–water partition coefficient (Wildman–Crippen LogP) is 2.30. The summed E-state index contributed by atoms with van der Waals surface area (Å²) in [6.07, 6.45) is 1.51. The number of ether oxygens (including phenoxy) is 2. The van der Waals surface area contributed by atoms with Crippen molar-refractivity contribution in [3.8, 4) is 17.6 Å². The summed E-state index contributed by atoms with van der Waals surface area (Å²) >= 11 is 2.13. The first-order valence-electron chi connectivity index (χ1n) is 5.69. The lowest BCUT2D eigenvalue weighted by atomic mass is 10.1. The van der Waals surface area contributed by atoms with Crippen molar-refractivity contribution in [2.75, 3.05) is 28.3 Å². The van der Waals surface area contributed by atoms with Gasteiger partial charge in [-0.15, -0.1) is 0 Å². The number of benzene rings is 1. The average molecular weight is 386 g/mol. The van der Waals surface area contributed by atoms with Crippen molar-refractivity contribution < 1.29 is 14.3 Å². The second kappa shape index (κ2) is 7.14. The molecule has 1 aromatic carbocycles. The number of likely N-dealkylation sites (N-methyl/N-ethyl adjacent to an activating group) is 1. The molecule has 0 aromatic heterocycles. The Balaban J connectivity index is 3.42. The SMILES string of the molecule is COc1cc(I)cc(/C=C(/C#N)C(=O)N(C)C)c1OC. The van der Waals surface area contributed by atoms with Crippen molar-refractivity contribution in [2.45, 2.75) is 0 Å². The van der Waals surface area contributed by atoms with Gasteiger partial charge in [0.1, 0.15) is 11.6 Å². The highest BCUT2D eigenvalue weighted by Gasteiger charge is 2.15. The highest BCUT2D eigenvalue weighted by atomic mass is 127. The van der Waals surface area contributed by atoms with Crippen molar-refractivity contribution in [3.63, 3.8) is 0 Å². The summed E-state index contributed by atoms with van der Waals surface area (Å²) in [6, 6.07) is 5.55. The minimum absolute atomic E-state index is 0.0392. The number of hydrogen-bond donors (Lipinski definition) is 0. The maximum atomic E-state index is 11.9. The maximum absolute atomic E-state index is 11.9. The van der Waals surface area contributed by atoms with Crippen molar-refractivity contribution in [2.24, 2.45) is 0 Å². The molecular formula is C14H15IN2O3. The lowest BCUT2D eigenvalue weighted by molar-refractivity contribution is -0.124. The summed E-state index contributed by atoms with van der Waals surface area (Å²) in [5, 5.41) is 9.13. The Morgan fingerprint density at radius 1 is 1.35 bits per heavy atom. The van der Waals surface area contributed by atoms with Crippen molar-refractivity contribution >= 4 is 34.6 Å². The Kier molecular flexibility index (Phi) is 5.82. The van der Waals surface area contributed by atoms with Crippen LogP contribution in [0.4, 0.5) is 0 Å². The van der Waals surface area contributed by atoms with Crippen molar-refractivity contribution in [1.29, 1.82) is 5.26 Å². The van der Waals surface area contributed by atoms with Crippen molar-refractivity contribution in [1.82, 2.24) is 4.90 Å². The van der Waals surface area contributed by atoms with E-state index < -0.39 is 0 Å². The summed E-state index contributed by atoms with van der Waals surface area (Å²) in [4.78, 5) is 13.2. The van der Waals surface area contributed by atoms with E-state index in [0.717, 1.165) is 3.57 Å². The van der Waals surface area contributed by atoms with Gasteiger partial charge in [0.15, 0.2) is 11.5 Å². The zero-order valence-electron chi connectivity index (χ0n) is 11.7. The van der Waals surface area contributed by atoms with Gasteiger partial charge < -0.3 is 14.4 Å². The summed E-state index contributed by atoms with van der Waals surface area (Å²) in [5.74, 6) is 0.694. The van der Waals surface area contributed by atoms with Gasteiger partial charge in [-0.05, 0) is 40.8 Å². The number of halogens is 1. The zero-order valence-corrected chi connectivity index (χ0v) is 13.9. The fourth-order valence-corrected chi connectivity index (χ4v) is 2.22. The van der Waals surface area contributed by atoms with E-state index in [4.69, 9.17) is 14.7 Å². The number of methoxy groups -OCH3 is 2. The monoisotopic (exact) mass is 386 g/mol. The maximum Gasteiger partial charge on any atom is 0.264 e. The molecule has 106 valence electrons. The van der Waals surface area contributed by atoms with Crippen LogP contribution in [0.1, 0.15) is 5.56 Å². The van der Waals surface area contributed by atoms with Gasteiger partial charge in [-0.25, -0.2) is 0 Å². The normalized spacial score (nSPS) is 10.7. The number of carbonyl (C=O) groups is 1. The van der Waals surface area contributed by atoms with E-state index in [9.17, 15) is 4.79 Å².